The second-order valence-electron chi connectivity index (χ2n) is 6.89. The number of hydrogen-bond acceptors (Lipinski definition) is 6. The second kappa shape index (κ2) is 6.48. The first-order valence-corrected chi connectivity index (χ1v) is 8.60. The van der Waals surface area contributed by atoms with Crippen molar-refractivity contribution in [3.8, 4) is 0 Å². The molecule has 0 aliphatic carbocycles. The van der Waals surface area contributed by atoms with Crippen molar-refractivity contribution >= 4 is 11.9 Å². The van der Waals surface area contributed by atoms with Gasteiger partial charge in [0.15, 0.2) is 0 Å². The summed E-state index contributed by atoms with van der Waals surface area (Å²) < 4.78 is 11.2. The van der Waals surface area contributed by atoms with E-state index in [0.717, 1.165) is 25.5 Å². The number of nitrogens with zero attached hydrogens (tertiary/aromatic N) is 4. The van der Waals surface area contributed by atoms with Crippen molar-refractivity contribution in [2.45, 2.75) is 13.3 Å². The number of amides is 1. The summed E-state index contributed by atoms with van der Waals surface area (Å²) in [6, 6.07) is 3.56. The summed E-state index contributed by atoms with van der Waals surface area (Å²) in [6.45, 7) is 6.00. The summed E-state index contributed by atoms with van der Waals surface area (Å²) in [6.07, 6.45) is 6.04. The molecule has 0 radical (unpaired) electrons. The van der Waals surface area contributed by atoms with Gasteiger partial charge in [0, 0.05) is 44.0 Å². The average Bonchev–Trinajstić information content (AvgIpc) is 3.18. The van der Waals surface area contributed by atoms with Crippen LogP contribution in [0.2, 0.25) is 0 Å². The molecule has 0 saturated carbocycles. The Morgan fingerprint density at radius 2 is 2.08 bits per heavy atom. The molecule has 4 rings (SSSR count). The highest BCUT2D eigenvalue weighted by Crippen LogP contribution is 2.35. The van der Waals surface area contributed by atoms with Gasteiger partial charge in [0.1, 0.15) is 5.76 Å². The van der Waals surface area contributed by atoms with E-state index in [9.17, 15) is 4.79 Å². The molecule has 0 unspecified atom stereocenters. The Morgan fingerprint density at radius 3 is 2.84 bits per heavy atom. The fraction of sp³-hybridized carbons (Fsp3) is 0.500. The van der Waals surface area contributed by atoms with Crippen LogP contribution in [0.3, 0.4) is 0 Å². The van der Waals surface area contributed by atoms with Crippen molar-refractivity contribution in [2.24, 2.45) is 5.41 Å². The molecule has 0 N–H and O–H groups in total. The lowest BCUT2D eigenvalue weighted by Gasteiger charge is -2.31. The Hall–Kier alpha value is -2.41. The van der Waals surface area contributed by atoms with Gasteiger partial charge in [-0.1, -0.05) is 0 Å². The van der Waals surface area contributed by atoms with Crippen LogP contribution in [0.5, 0.6) is 0 Å². The molecular formula is C18H22N4O3. The lowest BCUT2D eigenvalue weighted by atomic mass is 9.87. The minimum Gasteiger partial charge on any atom is -0.469 e. The monoisotopic (exact) mass is 342 g/mol. The van der Waals surface area contributed by atoms with Crippen molar-refractivity contribution in [1.29, 1.82) is 0 Å². The van der Waals surface area contributed by atoms with E-state index in [4.69, 9.17) is 9.15 Å². The lowest BCUT2D eigenvalue weighted by molar-refractivity contribution is 0.0689. The standard InChI is InChI=1S/C18H22N4O3/c1-14-15(3-9-25-14)16(23)21-8-10-24-13-18(11-21)4-7-22(12-18)17-19-5-2-6-20-17/h2-3,5-6,9H,4,7-8,10-13H2,1H3/t18-/m0/s1. The Labute approximate surface area is 146 Å². The number of carbonyl (C=O) groups is 1. The van der Waals surface area contributed by atoms with Crippen LogP contribution in [0.4, 0.5) is 5.95 Å². The van der Waals surface area contributed by atoms with Gasteiger partial charge < -0.3 is 19.0 Å². The van der Waals surface area contributed by atoms with Crippen LogP contribution >= 0.6 is 0 Å². The van der Waals surface area contributed by atoms with Gasteiger partial charge in [0.05, 0.1) is 25.0 Å². The van der Waals surface area contributed by atoms with Gasteiger partial charge in [-0.15, -0.1) is 0 Å². The minimum atomic E-state index is -0.0804. The first-order chi connectivity index (χ1) is 12.2. The summed E-state index contributed by atoms with van der Waals surface area (Å²) in [7, 11) is 0. The number of ether oxygens (including phenoxy) is 1. The van der Waals surface area contributed by atoms with Gasteiger partial charge in [0.2, 0.25) is 5.95 Å². The fourth-order valence-electron chi connectivity index (χ4n) is 3.75. The van der Waals surface area contributed by atoms with Crippen LogP contribution in [-0.2, 0) is 4.74 Å². The van der Waals surface area contributed by atoms with Gasteiger partial charge in [-0.25, -0.2) is 9.97 Å². The molecule has 2 fully saturated rings. The van der Waals surface area contributed by atoms with E-state index in [1.165, 1.54) is 0 Å². The van der Waals surface area contributed by atoms with Gasteiger partial charge >= 0.3 is 0 Å². The van der Waals surface area contributed by atoms with Crippen LogP contribution in [0.25, 0.3) is 0 Å². The van der Waals surface area contributed by atoms with Gasteiger partial charge in [-0.05, 0) is 25.5 Å². The smallest absolute Gasteiger partial charge is 0.257 e. The number of aromatic nitrogens is 2. The lowest BCUT2D eigenvalue weighted by Crippen LogP contribution is -2.43. The van der Waals surface area contributed by atoms with Crippen molar-refractivity contribution < 1.29 is 13.9 Å². The molecule has 25 heavy (non-hydrogen) atoms. The summed E-state index contributed by atoms with van der Waals surface area (Å²) in [4.78, 5) is 25.7. The van der Waals surface area contributed by atoms with Crippen LogP contribution in [0, 0.1) is 12.3 Å². The van der Waals surface area contributed by atoms with Crippen molar-refractivity contribution in [1.82, 2.24) is 14.9 Å². The first-order valence-electron chi connectivity index (χ1n) is 8.60. The molecule has 0 aromatic carbocycles. The van der Waals surface area contributed by atoms with Gasteiger partial charge in [0.25, 0.3) is 5.91 Å². The zero-order valence-corrected chi connectivity index (χ0v) is 14.4. The summed E-state index contributed by atoms with van der Waals surface area (Å²) in [5, 5.41) is 0. The van der Waals surface area contributed by atoms with Crippen LogP contribution in [-0.4, -0.2) is 60.2 Å². The normalized spacial score (nSPS) is 23.9. The Kier molecular flexibility index (Phi) is 4.17. The molecule has 1 atom stereocenters. The third-order valence-electron chi connectivity index (χ3n) is 5.09. The molecule has 7 heteroatoms. The Morgan fingerprint density at radius 1 is 1.24 bits per heavy atom. The predicted octanol–water partition coefficient (Wildman–Crippen LogP) is 1.75. The maximum Gasteiger partial charge on any atom is 0.257 e. The van der Waals surface area contributed by atoms with E-state index >= 15 is 0 Å². The fourth-order valence-corrected chi connectivity index (χ4v) is 3.75. The van der Waals surface area contributed by atoms with Crippen molar-refractivity contribution in [3.63, 3.8) is 0 Å². The van der Waals surface area contributed by atoms with E-state index in [0.29, 0.717) is 37.6 Å². The van der Waals surface area contributed by atoms with E-state index in [2.05, 4.69) is 14.9 Å². The molecular weight excluding hydrogens is 320 g/mol. The number of carbonyl (C=O) groups excluding carboxylic acids is 1. The first kappa shape index (κ1) is 16.1. The Balaban J connectivity index is 1.52. The van der Waals surface area contributed by atoms with E-state index in [1.807, 2.05) is 17.9 Å². The SMILES string of the molecule is Cc1occc1C(=O)N1CCOC[C@@]2(CCN(c3ncccn3)C2)C1. The molecule has 132 valence electrons. The molecule has 4 heterocycles. The number of hydrogen-bond donors (Lipinski definition) is 0. The van der Waals surface area contributed by atoms with Gasteiger partial charge in [-0.3, -0.25) is 4.79 Å². The molecule has 2 aliphatic heterocycles. The summed E-state index contributed by atoms with van der Waals surface area (Å²) in [5.74, 6) is 1.42. The molecule has 1 amide bonds. The largest absolute Gasteiger partial charge is 0.469 e. The van der Waals surface area contributed by atoms with Gasteiger partial charge in [-0.2, -0.15) is 0 Å². The minimum absolute atomic E-state index is 0.0190. The van der Waals surface area contributed by atoms with Crippen LogP contribution in [0.15, 0.2) is 35.2 Å². The molecule has 0 bridgehead atoms. The summed E-state index contributed by atoms with van der Waals surface area (Å²) in [5.41, 5.74) is 0.557. The quantitative estimate of drug-likeness (QED) is 0.828. The third kappa shape index (κ3) is 3.11. The number of rotatable bonds is 2. The number of anilines is 1. The van der Waals surface area contributed by atoms with Crippen molar-refractivity contribution in [2.75, 3.05) is 44.3 Å². The van der Waals surface area contributed by atoms with Crippen molar-refractivity contribution in [3.05, 3.63) is 42.1 Å². The molecule has 2 aromatic rings. The zero-order chi connectivity index (χ0) is 17.3. The predicted molar refractivity (Wildman–Crippen MR) is 91.5 cm³/mol. The van der Waals surface area contributed by atoms with Crippen LogP contribution < -0.4 is 4.90 Å². The van der Waals surface area contributed by atoms with E-state index < -0.39 is 0 Å². The van der Waals surface area contributed by atoms with E-state index in [-0.39, 0.29) is 11.3 Å². The Bertz CT molecular complexity index is 748. The van der Waals surface area contributed by atoms with Crippen LogP contribution in [0.1, 0.15) is 22.5 Å². The maximum absolute atomic E-state index is 12.9. The highest BCUT2D eigenvalue weighted by atomic mass is 16.5. The summed E-state index contributed by atoms with van der Waals surface area (Å²) >= 11 is 0. The molecule has 7 nitrogen and oxygen atoms in total. The molecule has 2 saturated heterocycles. The highest BCUT2D eigenvalue weighted by molar-refractivity contribution is 5.95. The van der Waals surface area contributed by atoms with E-state index in [1.54, 1.807) is 24.7 Å². The molecule has 2 aromatic heterocycles. The maximum atomic E-state index is 12.9. The topological polar surface area (TPSA) is 71.7 Å². The molecule has 1 spiro atoms. The molecule has 2 aliphatic rings. The number of furan rings is 1. The average molecular weight is 342 g/mol. The number of aryl methyl sites for hydroxylation is 1. The highest BCUT2D eigenvalue weighted by Gasteiger charge is 2.43. The second-order valence-corrected chi connectivity index (χ2v) is 6.89. The third-order valence-corrected chi connectivity index (χ3v) is 5.09. The zero-order valence-electron chi connectivity index (χ0n) is 14.4.